The number of pyridine rings is 1. The second-order valence-corrected chi connectivity index (χ2v) is 8.66. The Morgan fingerprint density at radius 2 is 2.08 bits per heavy atom. The number of nitrogens with two attached hydrogens (primary N) is 1. The highest BCUT2D eigenvalue weighted by Gasteiger charge is 2.57. The van der Waals surface area contributed by atoms with E-state index >= 15 is 4.39 Å². The molecule has 0 saturated carbocycles. The van der Waals surface area contributed by atoms with Gasteiger partial charge in [-0.25, -0.2) is 18.8 Å². The predicted octanol–water partition coefficient (Wildman–Crippen LogP) is 3.14. The molecule has 3 N–H and O–H groups in total. The van der Waals surface area contributed by atoms with Gasteiger partial charge in [0.15, 0.2) is 18.1 Å². The predicted molar refractivity (Wildman–Crippen MR) is 117 cm³/mol. The fraction of sp³-hybridized carbons (Fsp3) is 0.435. The van der Waals surface area contributed by atoms with Crippen molar-refractivity contribution < 1.29 is 41.3 Å². The zero-order valence-corrected chi connectivity index (χ0v) is 19.0. The lowest BCUT2D eigenvalue weighted by Crippen LogP contribution is -2.52. The molecule has 0 radical (unpaired) electrons. The van der Waals surface area contributed by atoms with E-state index in [0.717, 1.165) is 18.3 Å². The minimum Gasteiger partial charge on any atom is -0.479 e. The lowest BCUT2D eigenvalue weighted by molar-refractivity contribution is -0.209. The number of benzene rings is 1. The first-order valence-corrected chi connectivity index (χ1v) is 11.2. The van der Waals surface area contributed by atoms with Crippen LogP contribution in [0.15, 0.2) is 35.5 Å². The molecular weight excluding hydrogens is 488 g/mol. The van der Waals surface area contributed by atoms with Crippen LogP contribution in [0.25, 0.3) is 0 Å². The largest absolute Gasteiger partial charge is 0.479 e. The number of carbonyl (C=O) groups is 1. The van der Waals surface area contributed by atoms with Crippen molar-refractivity contribution >= 4 is 17.6 Å². The quantitative estimate of drug-likeness (QED) is 0.594. The monoisotopic (exact) mass is 510 g/mol. The number of nitrogens with zero attached hydrogens (tertiary/aromatic N) is 2. The summed E-state index contributed by atoms with van der Waals surface area (Å²) < 4.78 is 77.3. The van der Waals surface area contributed by atoms with Crippen LogP contribution in [0.3, 0.4) is 0 Å². The highest BCUT2D eigenvalue weighted by molar-refractivity contribution is 6.03. The number of amides is 1. The minimum absolute atomic E-state index is 0.0813. The molecule has 1 aromatic carbocycles. The van der Waals surface area contributed by atoms with Crippen LogP contribution in [0.1, 0.15) is 29.4 Å². The van der Waals surface area contributed by atoms with Crippen LogP contribution in [0.2, 0.25) is 0 Å². The first kappa shape index (κ1) is 24.1. The molecule has 1 amide bonds. The Balaban J connectivity index is 1.46. The number of carbonyl (C=O) groups excluding carboxylic acids is 1. The van der Waals surface area contributed by atoms with E-state index in [0.29, 0.717) is 6.42 Å². The molecule has 1 saturated heterocycles. The number of hydrogen-bond donors (Lipinski definition) is 2. The number of ether oxygens (including phenoxy) is 4. The Kier molecular flexibility index (Phi) is 5.89. The van der Waals surface area contributed by atoms with Crippen molar-refractivity contribution in [3.63, 3.8) is 0 Å². The molecule has 2 aromatic rings. The Morgan fingerprint density at radius 1 is 1.28 bits per heavy atom. The maximum atomic E-state index is 15.1. The number of fused-ring (bicyclic) bond motifs is 2. The standard InChI is InChI=1S/C23H22F4N4O5/c1-2-15-19-18(8-33-15)35-21(28)31-22(19,9-24)12-5-11(3-4-13(12)25)30-20(32)14-6-16-17(7-29-14)36-23(26,27)10-34-16/h3-7,15,18-19H,2,8-10H2,1H3,(H2,28,31)(H,30,32)/t15-,18+,19-,22+/m0/s1. The van der Waals surface area contributed by atoms with Crippen LogP contribution in [0, 0.1) is 11.7 Å². The van der Waals surface area contributed by atoms with Gasteiger partial charge < -0.3 is 30.0 Å². The van der Waals surface area contributed by atoms with E-state index < -0.39 is 54.8 Å². The Labute approximate surface area is 202 Å². The van der Waals surface area contributed by atoms with Gasteiger partial charge in [-0.05, 0) is 24.6 Å². The maximum Gasteiger partial charge on any atom is 0.433 e. The van der Waals surface area contributed by atoms with E-state index in [1.165, 1.54) is 12.1 Å². The third kappa shape index (κ3) is 4.06. The number of nitrogens with one attached hydrogen (secondary N) is 1. The summed E-state index contributed by atoms with van der Waals surface area (Å²) in [5.41, 5.74) is 3.93. The molecule has 4 atom stereocenters. The average Bonchev–Trinajstić information content (AvgIpc) is 3.27. The van der Waals surface area contributed by atoms with Crippen molar-refractivity contribution in [2.75, 3.05) is 25.2 Å². The van der Waals surface area contributed by atoms with Gasteiger partial charge in [-0.15, -0.1) is 0 Å². The Morgan fingerprint density at radius 3 is 2.83 bits per heavy atom. The molecule has 1 fully saturated rings. The van der Waals surface area contributed by atoms with Crippen molar-refractivity contribution in [3.8, 4) is 11.5 Å². The molecule has 3 aliphatic rings. The van der Waals surface area contributed by atoms with Crippen LogP contribution >= 0.6 is 0 Å². The summed E-state index contributed by atoms with van der Waals surface area (Å²) in [4.78, 5) is 20.8. The summed E-state index contributed by atoms with van der Waals surface area (Å²) in [5.74, 6) is -2.54. The van der Waals surface area contributed by atoms with Crippen LogP contribution in [-0.4, -0.2) is 55.1 Å². The van der Waals surface area contributed by atoms with E-state index in [1.807, 2.05) is 6.92 Å². The molecule has 13 heteroatoms. The van der Waals surface area contributed by atoms with Gasteiger partial charge in [-0.1, -0.05) is 6.92 Å². The first-order valence-electron chi connectivity index (χ1n) is 11.2. The van der Waals surface area contributed by atoms with Crippen molar-refractivity contribution in [2.45, 2.75) is 37.2 Å². The second kappa shape index (κ2) is 8.80. The molecule has 0 spiro atoms. The number of hydrogen-bond acceptors (Lipinski definition) is 8. The maximum absolute atomic E-state index is 15.1. The highest BCUT2D eigenvalue weighted by atomic mass is 19.3. The van der Waals surface area contributed by atoms with Gasteiger partial charge in [0.1, 0.15) is 29.8 Å². The lowest BCUT2D eigenvalue weighted by atomic mass is 9.73. The molecular formula is C23H22F4N4O5. The lowest BCUT2D eigenvalue weighted by Gasteiger charge is -2.41. The van der Waals surface area contributed by atoms with Gasteiger partial charge in [0.25, 0.3) is 11.9 Å². The highest BCUT2D eigenvalue weighted by Crippen LogP contribution is 2.48. The van der Waals surface area contributed by atoms with Crippen molar-refractivity contribution in [3.05, 3.63) is 47.5 Å². The minimum atomic E-state index is -3.51. The summed E-state index contributed by atoms with van der Waals surface area (Å²) in [6.45, 7) is -0.0937. The first-order chi connectivity index (χ1) is 17.2. The third-order valence-corrected chi connectivity index (χ3v) is 6.42. The van der Waals surface area contributed by atoms with Gasteiger partial charge >= 0.3 is 6.11 Å². The molecule has 0 bridgehead atoms. The number of halogens is 4. The van der Waals surface area contributed by atoms with Gasteiger partial charge in [0.2, 0.25) is 0 Å². The van der Waals surface area contributed by atoms with E-state index in [-0.39, 0.29) is 41.1 Å². The molecule has 9 nitrogen and oxygen atoms in total. The molecule has 3 aliphatic heterocycles. The number of rotatable bonds is 5. The van der Waals surface area contributed by atoms with Crippen LogP contribution in [-0.2, 0) is 15.0 Å². The molecule has 192 valence electrons. The van der Waals surface area contributed by atoms with Crippen molar-refractivity contribution in [2.24, 2.45) is 16.6 Å². The summed E-state index contributed by atoms with van der Waals surface area (Å²) in [6.07, 6.45) is -3.12. The topological polar surface area (TPSA) is 117 Å². The van der Waals surface area contributed by atoms with Crippen molar-refractivity contribution in [1.29, 1.82) is 0 Å². The number of aromatic nitrogens is 1. The molecule has 4 heterocycles. The zero-order chi connectivity index (χ0) is 25.7. The Hall–Kier alpha value is -3.61. The van der Waals surface area contributed by atoms with E-state index in [4.69, 9.17) is 19.9 Å². The number of anilines is 1. The van der Waals surface area contributed by atoms with E-state index in [2.05, 4.69) is 20.0 Å². The summed E-state index contributed by atoms with van der Waals surface area (Å²) >= 11 is 0. The van der Waals surface area contributed by atoms with Crippen LogP contribution < -0.4 is 20.5 Å². The Bertz CT molecular complexity index is 1230. The SMILES string of the molecule is CC[C@@H]1OC[C@H]2OC(N)=N[C@](CF)(c3cc(NC(=O)c4cc5c(cn4)OC(F)(F)CO5)ccc3F)[C@@H]12. The summed E-state index contributed by atoms with van der Waals surface area (Å²) in [6, 6.07) is 4.50. The fourth-order valence-electron chi connectivity index (χ4n) is 4.86. The zero-order valence-electron chi connectivity index (χ0n) is 19.0. The van der Waals surface area contributed by atoms with E-state index in [9.17, 15) is 18.0 Å². The second-order valence-electron chi connectivity index (χ2n) is 8.66. The summed E-state index contributed by atoms with van der Waals surface area (Å²) in [7, 11) is 0. The fourth-order valence-corrected chi connectivity index (χ4v) is 4.86. The average molecular weight is 510 g/mol. The molecule has 0 aliphatic carbocycles. The molecule has 1 aromatic heterocycles. The number of alkyl halides is 3. The number of amidine groups is 1. The van der Waals surface area contributed by atoms with Gasteiger partial charge in [0.05, 0.1) is 24.8 Å². The molecule has 0 unspecified atom stereocenters. The van der Waals surface area contributed by atoms with Crippen LogP contribution in [0.5, 0.6) is 11.5 Å². The van der Waals surface area contributed by atoms with Gasteiger partial charge in [-0.2, -0.15) is 8.78 Å². The third-order valence-electron chi connectivity index (χ3n) is 6.42. The van der Waals surface area contributed by atoms with Crippen molar-refractivity contribution in [1.82, 2.24) is 4.98 Å². The number of aliphatic imine (C=N–C) groups is 1. The normalized spacial score (nSPS) is 28.0. The van der Waals surface area contributed by atoms with E-state index in [1.54, 1.807) is 0 Å². The van der Waals surface area contributed by atoms with Gasteiger partial charge in [0, 0.05) is 17.3 Å². The molecule has 5 rings (SSSR count). The van der Waals surface area contributed by atoms with Crippen LogP contribution in [0.4, 0.5) is 23.2 Å². The molecule has 36 heavy (non-hydrogen) atoms. The summed E-state index contributed by atoms with van der Waals surface area (Å²) in [5, 5.41) is 2.55. The smallest absolute Gasteiger partial charge is 0.433 e. The van der Waals surface area contributed by atoms with Gasteiger partial charge in [-0.3, -0.25) is 4.79 Å².